The maximum atomic E-state index is 12.6. The first-order chi connectivity index (χ1) is 15.2. The first-order valence-electron chi connectivity index (χ1n) is 11.2. The van der Waals surface area contributed by atoms with Crippen LogP contribution in [0.1, 0.15) is 62.2 Å². The Bertz CT molecular complexity index is 990. The van der Waals surface area contributed by atoms with Gasteiger partial charge in [-0.15, -0.1) is 0 Å². The van der Waals surface area contributed by atoms with E-state index in [0.717, 1.165) is 37.1 Å². The molecule has 0 radical (unpaired) electrons. The smallest absolute Gasteiger partial charge is 0.274 e. The molecular formula is C25H34N6O. The number of carbonyl (C=O) groups excluding carboxylic acids is 1. The number of nitrogens with one attached hydrogen (secondary N) is 3. The van der Waals surface area contributed by atoms with E-state index in [4.69, 9.17) is 10.8 Å². The highest BCUT2D eigenvalue weighted by Crippen LogP contribution is 2.22. The van der Waals surface area contributed by atoms with Crippen LogP contribution >= 0.6 is 0 Å². The first-order valence-corrected chi connectivity index (χ1v) is 11.2. The maximum Gasteiger partial charge on any atom is 0.274 e. The molecule has 1 aromatic rings. The van der Waals surface area contributed by atoms with Crippen LogP contribution in [0.4, 0.5) is 0 Å². The number of rotatable bonds is 6. The molecule has 3 N–H and O–H groups in total. The van der Waals surface area contributed by atoms with Gasteiger partial charge >= 0.3 is 0 Å². The van der Waals surface area contributed by atoms with Crippen LogP contribution in [0.25, 0.3) is 0 Å². The van der Waals surface area contributed by atoms with Crippen LogP contribution in [0.15, 0.2) is 48.3 Å². The molecule has 1 atom stereocenters. The number of amides is 1. The minimum Gasteiger partial charge on any atom is -0.321 e. The number of fused-ring (bicyclic) bond motifs is 1. The molecule has 170 valence electrons. The SMILES string of the molecule is C=C(/C=C\C=C(/C)C(=N)N1C(=N)CC[C@H]1C)NC(=O)c1cc2c(cn1)CCN(C(C)C)C2. The molecule has 1 fully saturated rings. The Morgan fingerprint density at radius 3 is 2.75 bits per heavy atom. The topological polar surface area (TPSA) is 96.2 Å². The quantitative estimate of drug-likeness (QED) is 0.358. The molecule has 1 amide bonds. The molecule has 0 saturated carbocycles. The molecule has 3 rings (SSSR count). The third-order valence-electron chi connectivity index (χ3n) is 6.15. The molecule has 7 nitrogen and oxygen atoms in total. The number of amidine groups is 2. The Morgan fingerprint density at radius 1 is 1.34 bits per heavy atom. The van der Waals surface area contributed by atoms with Gasteiger partial charge in [0.25, 0.3) is 5.91 Å². The molecule has 2 aliphatic heterocycles. The maximum absolute atomic E-state index is 12.6. The summed E-state index contributed by atoms with van der Waals surface area (Å²) in [4.78, 5) is 21.1. The number of carbonyl (C=O) groups is 1. The van der Waals surface area contributed by atoms with Crippen molar-refractivity contribution in [1.29, 1.82) is 10.8 Å². The summed E-state index contributed by atoms with van der Waals surface area (Å²) in [5, 5.41) is 19.2. The van der Waals surface area contributed by atoms with E-state index in [-0.39, 0.29) is 11.9 Å². The largest absolute Gasteiger partial charge is 0.321 e. The predicted octanol–water partition coefficient (Wildman–Crippen LogP) is 4.03. The zero-order valence-electron chi connectivity index (χ0n) is 19.5. The van der Waals surface area contributed by atoms with Crippen molar-refractivity contribution in [2.45, 2.75) is 65.6 Å². The normalized spacial score (nSPS) is 19.5. The first kappa shape index (κ1) is 23.6. The summed E-state index contributed by atoms with van der Waals surface area (Å²) in [6.45, 7) is 14.0. The van der Waals surface area contributed by atoms with Crippen molar-refractivity contribution in [3.05, 3.63) is 65.2 Å². The molecule has 0 aromatic carbocycles. The van der Waals surface area contributed by atoms with Crippen molar-refractivity contribution >= 4 is 17.6 Å². The number of hydrogen-bond donors (Lipinski definition) is 3. The molecule has 0 unspecified atom stereocenters. The van der Waals surface area contributed by atoms with E-state index in [1.54, 1.807) is 23.1 Å². The van der Waals surface area contributed by atoms with Crippen LogP contribution in [0.2, 0.25) is 0 Å². The van der Waals surface area contributed by atoms with E-state index in [1.807, 2.05) is 26.1 Å². The lowest BCUT2D eigenvalue weighted by molar-refractivity contribution is 0.0962. The summed E-state index contributed by atoms with van der Waals surface area (Å²) in [6, 6.07) is 2.53. The molecule has 1 saturated heterocycles. The fourth-order valence-corrected chi connectivity index (χ4v) is 4.07. The Morgan fingerprint density at radius 2 is 2.09 bits per heavy atom. The van der Waals surface area contributed by atoms with Crippen molar-refractivity contribution < 1.29 is 4.79 Å². The summed E-state index contributed by atoms with van der Waals surface area (Å²) < 4.78 is 0. The summed E-state index contributed by atoms with van der Waals surface area (Å²) in [7, 11) is 0. The molecule has 0 bridgehead atoms. The number of allylic oxidation sites excluding steroid dienone is 3. The van der Waals surface area contributed by atoms with Gasteiger partial charge in [-0.05, 0) is 69.4 Å². The third kappa shape index (κ3) is 5.40. The van der Waals surface area contributed by atoms with Gasteiger partial charge in [0.05, 0.1) is 0 Å². The number of nitrogens with zero attached hydrogens (tertiary/aromatic N) is 3. The van der Waals surface area contributed by atoms with Crippen LogP contribution < -0.4 is 5.32 Å². The second kappa shape index (κ2) is 10.0. The van der Waals surface area contributed by atoms with Gasteiger partial charge in [0.1, 0.15) is 17.4 Å². The molecule has 1 aromatic heterocycles. The lowest BCUT2D eigenvalue weighted by atomic mass is 10.00. The van der Waals surface area contributed by atoms with E-state index in [1.165, 1.54) is 5.56 Å². The summed E-state index contributed by atoms with van der Waals surface area (Å²) in [5.41, 5.74) is 3.96. The highest BCUT2D eigenvalue weighted by molar-refractivity contribution is 6.07. The zero-order valence-corrected chi connectivity index (χ0v) is 19.5. The second-order valence-electron chi connectivity index (χ2n) is 8.89. The monoisotopic (exact) mass is 434 g/mol. The third-order valence-corrected chi connectivity index (χ3v) is 6.15. The van der Waals surface area contributed by atoms with Crippen molar-refractivity contribution in [2.24, 2.45) is 0 Å². The molecular weight excluding hydrogens is 400 g/mol. The van der Waals surface area contributed by atoms with E-state index >= 15 is 0 Å². The average Bonchev–Trinajstić information content (AvgIpc) is 3.09. The Labute approximate surface area is 190 Å². The second-order valence-corrected chi connectivity index (χ2v) is 8.89. The number of pyridine rings is 1. The lowest BCUT2D eigenvalue weighted by Crippen LogP contribution is -2.36. The van der Waals surface area contributed by atoms with Gasteiger partial charge in [0.15, 0.2) is 0 Å². The van der Waals surface area contributed by atoms with Crippen LogP contribution in [-0.2, 0) is 13.0 Å². The Kier molecular flexibility index (Phi) is 7.40. The van der Waals surface area contributed by atoms with E-state index in [9.17, 15) is 4.79 Å². The van der Waals surface area contributed by atoms with Crippen molar-refractivity contribution in [3.8, 4) is 0 Å². The van der Waals surface area contributed by atoms with Crippen LogP contribution in [0.5, 0.6) is 0 Å². The van der Waals surface area contributed by atoms with Crippen molar-refractivity contribution in [3.63, 3.8) is 0 Å². The molecule has 32 heavy (non-hydrogen) atoms. The molecule has 7 heteroatoms. The summed E-state index contributed by atoms with van der Waals surface area (Å²) in [5.74, 6) is 0.551. The number of hydrogen-bond acceptors (Lipinski definition) is 5. The lowest BCUT2D eigenvalue weighted by Gasteiger charge is -2.31. The van der Waals surface area contributed by atoms with Gasteiger partial charge in [-0.3, -0.25) is 25.5 Å². The molecule has 2 aliphatic rings. The highest BCUT2D eigenvalue weighted by atomic mass is 16.1. The number of likely N-dealkylation sites (tertiary alicyclic amines) is 1. The average molecular weight is 435 g/mol. The Hall–Kier alpha value is -3.06. The Balaban J connectivity index is 1.59. The minimum atomic E-state index is -0.281. The molecule has 3 heterocycles. The van der Waals surface area contributed by atoms with Crippen LogP contribution in [-0.4, -0.2) is 51.0 Å². The standard InChI is InChI=1S/C25H34N6O/c1-16(2)30-12-11-20-14-28-22(13-21(20)15-30)25(32)29-18(4)8-6-7-17(3)24(27)31-19(5)9-10-23(31)26/h6-8,13-14,16,19,26-27H,4,9-12,15H2,1-3,5H3,(H,29,32)/b8-6-,17-7+,26-23?,27-24?/t19-/m1/s1. The van der Waals surface area contributed by atoms with Gasteiger partial charge < -0.3 is 10.2 Å². The van der Waals surface area contributed by atoms with E-state index in [2.05, 4.69) is 35.6 Å². The molecule has 0 spiro atoms. The van der Waals surface area contributed by atoms with Gasteiger partial charge in [-0.25, -0.2) is 0 Å². The fraction of sp³-hybridized carbons (Fsp3) is 0.440. The van der Waals surface area contributed by atoms with E-state index in [0.29, 0.717) is 35.5 Å². The van der Waals surface area contributed by atoms with Crippen LogP contribution in [0.3, 0.4) is 0 Å². The number of aromatic nitrogens is 1. The summed E-state index contributed by atoms with van der Waals surface area (Å²) in [6.07, 6.45) is 9.64. The van der Waals surface area contributed by atoms with Gasteiger partial charge in [-0.2, -0.15) is 0 Å². The van der Waals surface area contributed by atoms with Gasteiger partial charge in [0.2, 0.25) is 0 Å². The van der Waals surface area contributed by atoms with E-state index < -0.39 is 0 Å². The minimum absolute atomic E-state index is 0.174. The van der Waals surface area contributed by atoms with Crippen molar-refractivity contribution in [2.75, 3.05) is 6.54 Å². The molecule has 0 aliphatic carbocycles. The summed E-state index contributed by atoms with van der Waals surface area (Å²) >= 11 is 0. The van der Waals surface area contributed by atoms with Crippen molar-refractivity contribution in [1.82, 2.24) is 20.1 Å². The van der Waals surface area contributed by atoms with Crippen LogP contribution in [0, 0.1) is 10.8 Å². The van der Waals surface area contributed by atoms with Gasteiger partial charge in [-0.1, -0.05) is 18.7 Å². The van der Waals surface area contributed by atoms with Gasteiger partial charge in [0, 0.05) is 43.5 Å². The highest BCUT2D eigenvalue weighted by Gasteiger charge is 2.28. The fourth-order valence-electron chi connectivity index (χ4n) is 4.07. The predicted molar refractivity (Wildman–Crippen MR) is 129 cm³/mol. The zero-order chi connectivity index (χ0) is 23.4.